The number of aliphatic hydroxyl groups is 1. The van der Waals surface area contributed by atoms with Crippen LogP contribution in [0.5, 0.6) is 0 Å². The average Bonchev–Trinajstić information content (AvgIpc) is 2.98. The van der Waals surface area contributed by atoms with Crippen molar-refractivity contribution in [3.05, 3.63) is 59.4 Å². The first-order valence-corrected chi connectivity index (χ1v) is 5.92. The minimum atomic E-state index is -0.683. The summed E-state index contributed by atoms with van der Waals surface area (Å²) in [7, 11) is 0. The van der Waals surface area contributed by atoms with Crippen molar-refractivity contribution in [1.29, 1.82) is 0 Å². The van der Waals surface area contributed by atoms with Crippen LogP contribution in [0.1, 0.15) is 17.4 Å². The molecule has 0 aliphatic carbocycles. The number of rotatable bonds is 2. The lowest BCUT2D eigenvalue weighted by atomic mass is 10.1. The Morgan fingerprint density at radius 1 is 1.12 bits per heavy atom. The third kappa shape index (κ3) is 1.45. The molecular formula is C13H10O2S. The monoisotopic (exact) mass is 230 g/mol. The number of benzene rings is 1. The predicted molar refractivity (Wildman–Crippen MR) is 64.6 cm³/mol. The summed E-state index contributed by atoms with van der Waals surface area (Å²) < 4.78 is 6.35. The van der Waals surface area contributed by atoms with Crippen molar-refractivity contribution in [3.63, 3.8) is 0 Å². The van der Waals surface area contributed by atoms with Crippen molar-refractivity contribution in [3.8, 4) is 0 Å². The van der Waals surface area contributed by atoms with E-state index in [9.17, 15) is 5.11 Å². The maximum Gasteiger partial charge on any atom is 0.138 e. The molecule has 1 atom stereocenters. The first-order valence-electron chi connectivity index (χ1n) is 5.04. The van der Waals surface area contributed by atoms with Crippen LogP contribution in [-0.4, -0.2) is 5.11 Å². The molecule has 1 unspecified atom stereocenters. The third-order valence-corrected chi connectivity index (χ3v) is 3.60. The first-order chi connectivity index (χ1) is 7.86. The Morgan fingerprint density at radius 2 is 2.06 bits per heavy atom. The Balaban J connectivity index is 2.15. The first kappa shape index (κ1) is 9.63. The zero-order chi connectivity index (χ0) is 11.0. The molecule has 0 radical (unpaired) electrons. The lowest BCUT2D eigenvalue weighted by Crippen LogP contribution is -1.97. The summed E-state index contributed by atoms with van der Waals surface area (Å²) in [5.74, 6) is 0.584. The molecule has 0 aliphatic heterocycles. The van der Waals surface area contributed by atoms with E-state index in [0.717, 1.165) is 15.6 Å². The zero-order valence-corrected chi connectivity index (χ0v) is 9.28. The molecule has 0 amide bonds. The lowest BCUT2D eigenvalue weighted by molar-refractivity contribution is 0.191. The van der Waals surface area contributed by atoms with Gasteiger partial charge in [-0.05, 0) is 29.0 Å². The minimum Gasteiger partial charge on any atom is -0.466 e. The predicted octanol–water partition coefficient (Wildman–Crippen LogP) is 3.58. The molecular weight excluding hydrogens is 220 g/mol. The molecule has 0 saturated heterocycles. The van der Waals surface area contributed by atoms with Gasteiger partial charge in [-0.25, -0.2) is 0 Å². The van der Waals surface area contributed by atoms with Crippen LogP contribution in [0.4, 0.5) is 0 Å². The van der Waals surface area contributed by atoms with Crippen LogP contribution in [0, 0.1) is 0 Å². The van der Waals surface area contributed by atoms with E-state index in [-0.39, 0.29) is 0 Å². The van der Waals surface area contributed by atoms with Crippen LogP contribution in [0.25, 0.3) is 10.1 Å². The van der Waals surface area contributed by atoms with Crippen molar-refractivity contribution in [1.82, 2.24) is 0 Å². The van der Waals surface area contributed by atoms with Gasteiger partial charge < -0.3 is 9.52 Å². The Morgan fingerprint density at radius 3 is 2.88 bits per heavy atom. The third-order valence-electron chi connectivity index (χ3n) is 2.62. The smallest absolute Gasteiger partial charge is 0.138 e. The van der Waals surface area contributed by atoms with E-state index >= 15 is 0 Å². The summed E-state index contributed by atoms with van der Waals surface area (Å²) in [6.45, 7) is 0. The molecule has 3 aromatic rings. The van der Waals surface area contributed by atoms with Crippen molar-refractivity contribution in [2.45, 2.75) is 6.10 Å². The molecule has 3 rings (SSSR count). The highest BCUT2D eigenvalue weighted by atomic mass is 32.1. The van der Waals surface area contributed by atoms with Gasteiger partial charge in [-0.15, -0.1) is 11.3 Å². The van der Waals surface area contributed by atoms with E-state index in [4.69, 9.17) is 4.42 Å². The van der Waals surface area contributed by atoms with E-state index in [1.54, 1.807) is 29.7 Å². The highest BCUT2D eigenvalue weighted by molar-refractivity contribution is 7.17. The number of fused-ring (bicyclic) bond motifs is 1. The molecule has 1 aromatic carbocycles. The Labute approximate surface area is 96.8 Å². The van der Waals surface area contributed by atoms with Crippen LogP contribution in [0.3, 0.4) is 0 Å². The second-order valence-corrected chi connectivity index (χ2v) is 4.52. The Bertz CT molecular complexity index is 595. The van der Waals surface area contributed by atoms with Crippen LogP contribution < -0.4 is 0 Å². The lowest BCUT2D eigenvalue weighted by Gasteiger charge is -2.08. The van der Waals surface area contributed by atoms with Gasteiger partial charge in [0.15, 0.2) is 0 Å². The largest absolute Gasteiger partial charge is 0.466 e. The topological polar surface area (TPSA) is 33.4 Å². The summed E-state index contributed by atoms with van der Waals surface area (Å²) >= 11 is 1.64. The van der Waals surface area contributed by atoms with Crippen molar-refractivity contribution in [2.75, 3.05) is 0 Å². The van der Waals surface area contributed by atoms with Crippen LogP contribution in [0.2, 0.25) is 0 Å². The van der Waals surface area contributed by atoms with Gasteiger partial charge in [0.2, 0.25) is 0 Å². The molecule has 0 saturated carbocycles. The molecule has 2 heterocycles. The normalized spacial score (nSPS) is 13.1. The molecule has 2 nitrogen and oxygen atoms in total. The molecule has 0 bridgehead atoms. The molecule has 2 aromatic heterocycles. The van der Waals surface area contributed by atoms with E-state index in [2.05, 4.69) is 6.07 Å². The summed E-state index contributed by atoms with van der Waals surface area (Å²) in [4.78, 5) is 0. The van der Waals surface area contributed by atoms with Crippen LogP contribution in [0.15, 0.2) is 52.5 Å². The number of hydrogen-bond donors (Lipinski definition) is 1. The minimum absolute atomic E-state index is 0.584. The summed E-state index contributed by atoms with van der Waals surface area (Å²) in [6.07, 6.45) is 0.893. The van der Waals surface area contributed by atoms with E-state index in [1.807, 2.05) is 23.6 Å². The summed E-state index contributed by atoms with van der Waals surface area (Å²) in [5.41, 5.74) is 0.905. The molecule has 16 heavy (non-hydrogen) atoms. The fourth-order valence-electron chi connectivity index (χ4n) is 1.83. The van der Waals surface area contributed by atoms with E-state index < -0.39 is 6.10 Å². The van der Waals surface area contributed by atoms with Gasteiger partial charge in [0.25, 0.3) is 0 Å². The van der Waals surface area contributed by atoms with Gasteiger partial charge in [-0.1, -0.05) is 18.2 Å². The maximum atomic E-state index is 10.2. The van der Waals surface area contributed by atoms with Crippen molar-refractivity contribution < 1.29 is 9.52 Å². The van der Waals surface area contributed by atoms with Gasteiger partial charge in [0.05, 0.1) is 6.26 Å². The quantitative estimate of drug-likeness (QED) is 0.730. The van der Waals surface area contributed by atoms with Gasteiger partial charge in [0.1, 0.15) is 11.9 Å². The highest BCUT2D eigenvalue weighted by Gasteiger charge is 2.16. The average molecular weight is 230 g/mol. The summed E-state index contributed by atoms with van der Waals surface area (Å²) in [6, 6.07) is 11.6. The highest BCUT2D eigenvalue weighted by Crippen LogP contribution is 2.32. The van der Waals surface area contributed by atoms with E-state index in [0.29, 0.717) is 5.76 Å². The second kappa shape index (κ2) is 3.77. The fourth-order valence-corrected chi connectivity index (χ4v) is 2.77. The van der Waals surface area contributed by atoms with Crippen molar-refractivity contribution >= 4 is 21.4 Å². The molecule has 1 N–H and O–H groups in total. The fraction of sp³-hybridized carbons (Fsp3) is 0.0769. The van der Waals surface area contributed by atoms with Gasteiger partial charge in [-0.2, -0.15) is 0 Å². The standard InChI is InChI=1S/C13H10O2S/c14-12(11-5-2-7-15-11)10-4-1-3-9-6-8-16-13(9)10/h1-8,12,14H. The molecule has 0 aliphatic rings. The van der Waals surface area contributed by atoms with Crippen molar-refractivity contribution in [2.24, 2.45) is 0 Å². The van der Waals surface area contributed by atoms with Crippen LogP contribution >= 0.6 is 11.3 Å². The van der Waals surface area contributed by atoms with Crippen LogP contribution in [-0.2, 0) is 0 Å². The maximum absolute atomic E-state index is 10.2. The molecule has 80 valence electrons. The number of aliphatic hydroxyl groups excluding tert-OH is 1. The molecule has 0 fully saturated rings. The number of hydrogen-bond acceptors (Lipinski definition) is 3. The molecule has 0 spiro atoms. The molecule has 3 heteroatoms. The van der Waals surface area contributed by atoms with Gasteiger partial charge in [-0.3, -0.25) is 0 Å². The van der Waals surface area contributed by atoms with Gasteiger partial charge in [0, 0.05) is 10.3 Å². The number of furan rings is 1. The van der Waals surface area contributed by atoms with Gasteiger partial charge >= 0.3 is 0 Å². The second-order valence-electron chi connectivity index (χ2n) is 3.60. The number of thiophene rings is 1. The SMILES string of the molecule is OC(c1ccco1)c1cccc2ccsc12. The summed E-state index contributed by atoms with van der Waals surface area (Å²) in [5, 5.41) is 13.4. The Kier molecular flexibility index (Phi) is 2.27. The zero-order valence-electron chi connectivity index (χ0n) is 8.46. The van der Waals surface area contributed by atoms with E-state index in [1.165, 1.54) is 0 Å². The Hall–Kier alpha value is -1.58.